The molecule has 1 saturated heterocycles. The summed E-state index contributed by atoms with van der Waals surface area (Å²) in [5.74, 6) is -1.19. The van der Waals surface area contributed by atoms with Crippen molar-refractivity contribution < 1.29 is 17.6 Å². The third kappa shape index (κ3) is 4.11. The van der Waals surface area contributed by atoms with Crippen molar-refractivity contribution in [3.63, 3.8) is 0 Å². The fraction of sp³-hybridized carbons (Fsp3) is 0.316. The molecule has 2 aromatic rings. The Morgan fingerprint density at radius 2 is 1.92 bits per heavy atom. The normalized spacial score (nSPS) is 18.5. The molecule has 0 spiro atoms. The first kappa shape index (κ1) is 18.5. The van der Waals surface area contributed by atoms with E-state index in [-0.39, 0.29) is 17.3 Å². The molecule has 3 rings (SSSR count). The number of halogens is 1. The number of hydrogen-bond acceptors (Lipinski definition) is 3. The molecule has 1 N–H and O–H groups in total. The van der Waals surface area contributed by atoms with Crippen LogP contribution in [0.5, 0.6) is 0 Å². The largest absolute Gasteiger partial charge is 0.326 e. The smallest absolute Gasteiger partial charge is 0.243 e. The summed E-state index contributed by atoms with van der Waals surface area (Å²) < 4.78 is 40.2. The van der Waals surface area contributed by atoms with Gasteiger partial charge in [-0.2, -0.15) is 4.31 Å². The third-order valence-electron chi connectivity index (χ3n) is 4.51. The summed E-state index contributed by atoms with van der Waals surface area (Å²) in [6.07, 6.45) is 1.20. The summed E-state index contributed by atoms with van der Waals surface area (Å²) in [5, 5.41) is 2.67. The second-order valence-electron chi connectivity index (χ2n) is 6.51. The van der Waals surface area contributed by atoms with Gasteiger partial charge in [-0.3, -0.25) is 4.79 Å². The van der Waals surface area contributed by atoms with Crippen molar-refractivity contribution in [3.8, 4) is 0 Å². The summed E-state index contributed by atoms with van der Waals surface area (Å²) in [6, 6.07) is 12.3. The van der Waals surface area contributed by atoms with E-state index in [2.05, 4.69) is 5.32 Å². The highest BCUT2D eigenvalue weighted by Crippen LogP contribution is 2.25. The van der Waals surface area contributed by atoms with Crippen LogP contribution in [0.4, 0.5) is 10.1 Å². The van der Waals surface area contributed by atoms with E-state index in [0.717, 1.165) is 5.56 Å². The van der Waals surface area contributed by atoms with Crippen molar-refractivity contribution in [2.45, 2.75) is 24.7 Å². The Hall–Kier alpha value is -2.25. The van der Waals surface area contributed by atoms with Crippen LogP contribution in [0, 0.1) is 18.7 Å². The Balaban J connectivity index is 1.72. The number of anilines is 1. The van der Waals surface area contributed by atoms with Crippen LogP contribution >= 0.6 is 0 Å². The van der Waals surface area contributed by atoms with Crippen molar-refractivity contribution in [2.24, 2.45) is 5.92 Å². The highest BCUT2D eigenvalue weighted by atomic mass is 32.2. The zero-order valence-electron chi connectivity index (χ0n) is 14.5. The molecule has 1 amide bonds. The number of aryl methyl sites for hydroxylation is 1. The maximum absolute atomic E-state index is 13.3. The molecule has 1 unspecified atom stereocenters. The number of benzene rings is 2. The standard InChI is InChI=1S/C19H21FN2O3S/c1-14-7-9-18(10-8-14)26(24,25)22-11-3-4-15(13-22)19(23)21-17-6-2-5-16(20)12-17/h2,5-10,12,15H,3-4,11,13H2,1H3,(H,21,23). The predicted molar refractivity (Wildman–Crippen MR) is 97.7 cm³/mol. The Morgan fingerprint density at radius 3 is 2.62 bits per heavy atom. The van der Waals surface area contributed by atoms with Gasteiger partial charge in [0.2, 0.25) is 15.9 Å². The van der Waals surface area contributed by atoms with Gasteiger partial charge >= 0.3 is 0 Å². The molecular weight excluding hydrogens is 355 g/mol. The van der Waals surface area contributed by atoms with Gasteiger partial charge in [0.05, 0.1) is 10.8 Å². The van der Waals surface area contributed by atoms with E-state index in [1.54, 1.807) is 30.3 Å². The van der Waals surface area contributed by atoms with Crippen molar-refractivity contribution >= 4 is 21.6 Å². The van der Waals surface area contributed by atoms with Gasteiger partial charge in [0.1, 0.15) is 5.82 Å². The SMILES string of the molecule is Cc1ccc(S(=O)(=O)N2CCCC(C(=O)Nc3cccc(F)c3)C2)cc1. The molecule has 0 aliphatic carbocycles. The summed E-state index contributed by atoms with van der Waals surface area (Å²) in [4.78, 5) is 12.7. The van der Waals surface area contributed by atoms with E-state index in [4.69, 9.17) is 0 Å². The summed E-state index contributed by atoms with van der Waals surface area (Å²) in [7, 11) is -3.63. The van der Waals surface area contributed by atoms with E-state index in [0.29, 0.717) is 25.1 Å². The van der Waals surface area contributed by atoms with Crippen molar-refractivity contribution in [2.75, 3.05) is 18.4 Å². The molecule has 1 aliphatic rings. The average Bonchev–Trinajstić information content (AvgIpc) is 2.62. The number of hydrogen-bond donors (Lipinski definition) is 1. The van der Waals surface area contributed by atoms with Gasteiger partial charge in [-0.25, -0.2) is 12.8 Å². The highest BCUT2D eigenvalue weighted by molar-refractivity contribution is 7.89. The number of amides is 1. The molecular formula is C19H21FN2O3S. The Labute approximate surface area is 152 Å². The minimum Gasteiger partial charge on any atom is -0.326 e. The van der Waals surface area contributed by atoms with Crippen LogP contribution in [-0.4, -0.2) is 31.7 Å². The molecule has 5 nitrogen and oxygen atoms in total. The Kier molecular flexibility index (Phi) is 5.38. The number of nitrogens with zero attached hydrogens (tertiary/aromatic N) is 1. The first-order valence-electron chi connectivity index (χ1n) is 8.49. The van der Waals surface area contributed by atoms with E-state index >= 15 is 0 Å². The highest BCUT2D eigenvalue weighted by Gasteiger charge is 2.33. The monoisotopic (exact) mass is 376 g/mol. The van der Waals surface area contributed by atoms with Crippen LogP contribution in [0.25, 0.3) is 0 Å². The molecule has 0 aromatic heterocycles. The maximum Gasteiger partial charge on any atom is 0.243 e. The summed E-state index contributed by atoms with van der Waals surface area (Å²) in [5.41, 5.74) is 1.35. The number of carbonyl (C=O) groups is 1. The van der Waals surface area contributed by atoms with Gasteiger partial charge in [0, 0.05) is 18.8 Å². The first-order chi connectivity index (χ1) is 12.4. The molecule has 2 aromatic carbocycles. The molecule has 1 aliphatic heterocycles. The van der Waals surface area contributed by atoms with E-state index < -0.39 is 21.8 Å². The molecule has 7 heteroatoms. The van der Waals surface area contributed by atoms with Crippen LogP contribution in [-0.2, 0) is 14.8 Å². The molecule has 1 heterocycles. The fourth-order valence-electron chi connectivity index (χ4n) is 3.04. The zero-order valence-corrected chi connectivity index (χ0v) is 15.3. The van der Waals surface area contributed by atoms with Crippen molar-refractivity contribution in [1.82, 2.24) is 4.31 Å². The second kappa shape index (κ2) is 7.55. The van der Waals surface area contributed by atoms with Gasteiger partial charge in [0.15, 0.2) is 0 Å². The quantitative estimate of drug-likeness (QED) is 0.891. The lowest BCUT2D eigenvalue weighted by Crippen LogP contribution is -2.43. The lowest BCUT2D eigenvalue weighted by Gasteiger charge is -2.31. The Morgan fingerprint density at radius 1 is 1.19 bits per heavy atom. The van der Waals surface area contributed by atoms with Crippen LogP contribution in [0.1, 0.15) is 18.4 Å². The molecule has 1 fully saturated rings. The number of carbonyl (C=O) groups excluding carboxylic acids is 1. The lowest BCUT2D eigenvalue weighted by atomic mass is 9.99. The molecule has 0 radical (unpaired) electrons. The van der Waals surface area contributed by atoms with Crippen molar-refractivity contribution in [3.05, 3.63) is 59.9 Å². The maximum atomic E-state index is 13.3. The molecule has 1 atom stereocenters. The number of piperidine rings is 1. The van der Waals surface area contributed by atoms with E-state index in [1.165, 1.54) is 22.5 Å². The molecule has 138 valence electrons. The average molecular weight is 376 g/mol. The van der Waals surface area contributed by atoms with Gasteiger partial charge in [0.25, 0.3) is 0 Å². The molecule has 0 saturated carbocycles. The lowest BCUT2D eigenvalue weighted by molar-refractivity contribution is -0.120. The van der Waals surface area contributed by atoms with Gasteiger partial charge in [-0.05, 0) is 50.1 Å². The topological polar surface area (TPSA) is 66.5 Å². The van der Waals surface area contributed by atoms with Gasteiger partial charge < -0.3 is 5.32 Å². The third-order valence-corrected chi connectivity index (χ3v) is 6.39. The summed E-state index contributed by atoms with van der Waals surface area (Å²) in [6.45, 7) is 2.40. The van der Waals surface area contributed by atoms with Gasteiger partial charge in [-0.1, -0.05) is 23.8 Å². The zero-order chi connectivity index (χ0) is 18.7. The minimum atomic E-state index is -3.63. The Bertz CT molecular complexity index is 897. The number of sulfonamides is 1. The van der Waals surface area contributed by atoms with E-state index in [1.807, 2.05) is 6.92 Å². The predicted octanol–water partition coefficient (Wildman–Crippen LogP) is 3.17. The van der Waals surface area contributed by atoms with Gasteiger partial charge in [-0.15, -0.1) is 0 Å². The number of rotatable bonds is 4. The minimum absolute atomic E-state index is 0.122. The fourth-order valence-corrected chi connectivity index (χ4v) is 4.57. The molecule has 0 bridgehead atoms. The van der Waals surface area contributed by atoms with E-state index in [9.17, 15) is 17.6 Å². The first-order valence-corrected chi connectivity index (χ1v) is 9.93. The van der Waals surface area contributed by atoms with Crippen molar-refractivity contribution in [1.29, 1.82) is 0 Å². The second-order valence-corrected chi connectivity index (χ2v) is 8.45. The van der Waals surface area contributed by atoms with Crippen LogP contribution in [0.15, 0.2) is 53.4 Å². The number of nitrogens with one attached hydrogen (secondary N) is 1. The van der Waals surface area contributed by atoms with Crippen LogP contribution in [0.3, 0.4) is 0 Å². The summed E-state index contributed by atoms with van der Waals surface area (Å²) >= 11 is 0. The molecule has 26 heavy (non-hydrogen) atoms. The van der Waals surface area contributed by atoms with Crippen LogP contribution < -0.4 is 5.32 Å². The van der Waals surface area contributed by atoms with Crippen LogP contribution in [0.2, 0.25) is 0 Å².